The summed E-state index contributed by atoms with van der Waals surface area (Å²) in [5, 5.41) is 33.7. The van der Waals surface area contributed by atoms with Crippen molar-refractivity contribution < 1.29 is 57.4 Å². The Labute approximate surface area is 298 Å². The number of non-ortho nitro benzene ring substituents is 2. The molecule has 20 nitrogen and oxygen atoms in total. The Bertz CT molecular complexity index is 1380. The van der Waals surface area contributed by atoms with Crippen molar-refractivity contribution in [1.29, 1.82) is 0 Å². The summed E-state index contributed by atoms with van der Waals surface area (Å²) in [5.74, 6) is -1.51. The van der Waals surface area contributed by atoms with Gasteiger partial charge in [0.2, 0.25) is 23.6 Å². The Balaban J connectivity index is 1.66. The summed E-state index contributed by atoms with van der Waals surface area (Å²) in [6.45, 7) is -1.26. The molecule has 1 aliphatic heterocycles. The number of rotatable bonds is 4. The number of nitro benzene ring substituents is 2. The molecule has 4 amide bonds. The van der Waals surface area contributed by atoms with Crippen LogP contribution in [0.5, 0.6) is 11.5 Å². The molecule has 0 saturated heterocycles. The van der Waals surface area contributed by atoms with Gasteiger partial charge in [-0.2, -0.15) is 0 Å². The van der Waals surface area contributed by atoms with E-state index in [1.165, 1.54) is 38.5 Å². The third-order valence-corrected chi connectivity index (χ3v) is 7.28. The molecule has 20 heteroatoms. The van der Waals surface area contributed by atoms with Gasteiger partial charge in [-0.3, -0.25) is 39.4 Å². The zero-order chi connectivity index (χ0) is 37.9. The summed E-state index contributed by atoms with van der Waals surface area (Å²) in [6, 6.07) is 5.04. The number of nitrogens with one attached hydrogen (secondary N) is 4. The zero-order valence-electron chi connectivity index (χ0n) is 28.8. The van der Waals surface area contributed by atoms with Crippen molar-refractivity contribution in [2.24, 2.45) is 0 Å². The predicted molar refractivity (Wildman–Crippen MR) is 179 cm³/mol. The highest BCUT2D eigenvalue weighted by atomic mass is 16.6. The summed E-state index contributed by atoms with van der Waals surface area (Å²) in [7, 11) is 2.72. The number of hydrogen-bond acceptors (Lipinski definition) is 14. The number of nitro groups is 2. The first-order chi connectivity index (χ1) is 25.0. The zero-order valence-corrected chi connectivity index (χ0v) is 28.8. The first-order valence-electron chi connectivity index (χ1n) is 16.1. The number of carbonyl (C=O) groups is 4. The van der Waals surface area contributed by atoms with Crippen LogP contribution in [0.2, 0.25) is 0 Å². The van der Waals surface area contributed by atoms with Crippen molar-refractivity contribution in [2.45, 2.75) is 39.0 Å². The number of methoxy groups -OCH3 is 2. The first-order valence-corrected chi connectivity index (χ1v) is 16.1. The van der Waals surface area contributed by atoms with E-state index in [0.717, 1.165) is 0 Å². The van der Waals surface area contributed by atoms with Gasteiger partial charge >= 0.3 is 0 Å². The van der Waals surface area contributed by atoms with Crippen molar-refractivity contribution in [1.82, 2.24) is 21.3 Å². The lowest BCUT2D eigenvalue weighted by molar-refractivity contribution is -0.385. The highest BCUT2D eigenvalue weighted by molar-refractivity contribution is 5.79. The van der Waals surface area contributed by atoms with Crippen LogP contribution in [0.25, 0.3) is 0 Å². The van der Waals surface area contributed by atoms with Crippen molar-refractivity contribution >= 4 is 35.0 Å². The Hall–Kier alpha value is -5.44. The van der Waals surface area contributed by atoms with Gasteiger partial charge in [0.25, 0.3) is 11.4 Å². The molecule has 0 fully saturated rings. The van der Waals surface area contributed by atoms with E-state index >= 15 is 0 Å². The van der Waals surface area contributed by atoms with E-state index in [4.69, 9.17) is 28.4 Å². The molecule has 1 heterocycles. The van der Waals surface area contributed by atoms with Crippen LogP contribution in [0.15, 0.2) is 24.3 Å². The Morgan fingerprint density at radius 3 is 0.981 bits per heavy atom. The van der Waals surface area contributed by atoms with Crippen LogP contribution in [-0.2, 0) is 64.3 Å². The lowest BCUT2D eigenvalue weighted by Crippen LogP contribution is -2.29. The SMILES string of the molecule is COc1c2cc([N+](=O)[O-])cc1CNC(=O)COCCCOCC(=O)NCc1cc([N+](=O)[O-])cc(c1OC)CNC(=O)COCCCOCC(=O)NC2. The molecule has 0 radical (unpaired) electrons. The minimum atomic E-state index is -0.600. The molecule has 3 rings (SSSR count). The van der Waals surface area contributed by atoms with Crippen molar-refractivity contribution in [3.8, 4) is 11.5 Å². The molecule has 0 aromatic heterocycles. The van der Waals surface area contributed by atoms with Crippen LogP contribution in [0.3, 0.4) is 0 Å². The fraction of sp³-hybridized carbons (Fsp3) is 0.500. The van der Waals surface area contributed by atoms with Gasteiger partial charge in [0.1, 0.15) is 37.9 Å². The minimum absolute atomic E-state index is 0.122. The van der Waals surface area contributed by atoms with Gasteiger partial charge in [0.15, 0.2) is 0 Å². The number of carbonyl (C=O) groups excluding carboxylic acids is 4. The third-order valence-electron chi connectivity index (χ3n) is 7.28. The molecular weight excluding hydrogens is 692 g/mol. The molecule has 2 aromatic carbocycles. The maximum Gasteiger partial charge on any atom is 0.270 e. The predicted octanol–water partition coefficient (Wildman–Crippen LogP) is 0.545. The summed E-state index contributed by atoms with van der Waals surface area (Å²) in [4.78, 5) is 71.6. The molecule has 0 atom stereocenters. The van der Waals surface area contributed by atoms with Gasteiger partial charge in [-0.25, -0.2) is 0 Å². The maximum atomic E-state index is 12.4. The molecule has 0 saturated carbocycles. The van der Waals surface area contributed by atoms with Gasteiger partial charge < -0.3 is 49.7 Å². The lowest BCUT2D eigenvalue weighted by atomic mass is 10.1. The van der Waals surface area contributed by atoms with Gasteiger partial charge in [0, 0.05) is 99.1 Å². The van der Waals surface area contributed by atoms with Gasteiger partial charge in [-0.1, -0.05) is 0 Å². The van der Waals surface area contributed by atoms with Crippen LogP contribution >= 0.6 is 0 Å². The average Bonchev–Trinajstić information content (AvgIpc) is 3.12. The molecule has 0 aliphatic carbocycles. The number of fused-ring (bicyclic) bond motifs is 4. The van der Waals surface area contributed by atoms with Crippen LogP contribution in [-0.4, -0.2) is 101 Å². The summed E-state index contributed by atoms with van der Waals surface area (Å²) in [5.41, 5.74) is 0.697. The second kappa shape index (κ2) is 21.7. The maximum absolute atomic E-state index is 12.4. The molecule has 52 heavy (non-hydrogen) atoms. The Morgan fingerprint density at radius 1 is 0.519 bits per heavy atom. The summed E-state index contributed by atoms with van der Waals surface area (Å²) < 4.78 is 32.4. The van der Waals surface area contributed by atoms with Crippen molar-refractivity contribution in [3.63, 3.8) is 0 Å². The Morgan fingerprint density at radius 2 is 0.769 bits per heavy atom. The minimum Gasteiger partial charge on any atom is -0.496 e. The molecule has 1 aliphatic rings. The first kappa shape index (κ1) is 41.0. The van der Waals surface area contributed by atoms with Crippen LogP contribution in [0, 0.1) is 20.2 Å². The van der Waals surface area contributed by atoms with Crippen LogP contribution < -0.4 is 30.7 Å². The van der Waals surface area contributed by atoms with E-state index in [9.17, 15) is 39.4 Å². The third kappa shape index (κ3) is 13.7. The quantitative estimate of drug-likeness (QED) is 0.247. The molecule has 4 N–H and O–H groups in total. The molecule has 2 aromatic rings. The normalized spacial score (nSPS) is 17.1. The molecule has 0 unspecified atom stereocenters. The smallest absolute Gasteiger partial charge is 0.270 e. The standard InChI is InChI=1S/C32H42N6O14/c1-47-31-21-9-25(37(43)44)10-22(31)14-34-28(40)18-50-6-4-8-52-20-30(42)36-16-24-12-26(38(45)46)11-23(32(24)48-2)15-35-29(41)19-51-7-3-5-49-17-27(39)33-13-21/h9-12H,3-8,13-20H2,1-2H3,(H,33,39)(H,34,40)(H,35,41)(H,36,42). The molecule has 4 bridgehead atoms. The number of ether oxygens (including phenoxy) is 6. The van der Waals surface area contributed by atoms with E-state index < -0.39 is 33.5 Å². The van der Waals surface area contributed by atoms with E-state index in [-0.39, 0.29) is 102 Å². The lowest BCUT2D eigenvalue weighted by Gasteiger charge is -2.15. The largest absolute Gasteiger partial charge is 0.496 e. The molecule has 0 spiro atoms. The number of hydrogen-bond donors (Lipinski definition) is 4. The highest BCUT2D eigenvalue weighted by Gasteiger charge is 2.20. The topological polar surface area (TPSA) is 258 Å². The number of nitrogens with zero attached hydrogens (tertiary/aromatic N) is 2. The monoisotopic (exact) mass is 734 g/mol. The van der Waals surface area contributed by atoms with E-state index in [0.29, 0.717) is 35.1 Å². The van der Waals surface area contributed by atoms with Gasteiger partial charge in [0.05, 0.1) is 24.1 Å². The fourth-order valence-electron chi connectivity index (χ4n) is 4.90. The second-order valence-electron chi connectivity index (χ2n) is 11.1. The van der Waals surface area contributed by atoms with E-state index in [2.05, 4.69) is 21.3 Å². The summed E-state index contributed by atoms with van der Waals surface area (Å²) >= 11 is 0. The number of amides is 4. The highest BCUT2D eigenvalue weighted by Crippen LogP contribution is 2.31. The Kier molecular flexibility index (Phi) is 17.1. The van der Waals surface area contributed by atoms with Crippen molar-refractivity contribution in [2.75, 3.05) is 67.1 Å². The molecule has 284 valence electrons. The second-order valence-corrected chi connectivity index (χ2v) is 11.1. The van der Waals surface area contributed by atoms with Gasteiger partial charge in [-0.15, -0.1) is 0 Å². The van der Waals surface area contributed by atoms with Gasteiger partial charge in [-0.05, 0) is 12.8 Å². The van der Waals surface area contributed by atoms with E-state index in [1.54, 1.807) is 0 Å². The fourth-order valence-corrected chi connectivity index (χ4v) is 4.90. The van der Waals surface area contributed by atoms with Crippen LogP contribution in [0.1, 0.15) is 35.1 Å². The summed E-state index contributed by atoms with van der Waals surface area (Å²) in [6.07, 6.45) is 0.691. The van der Waals surface area contributed by atoms with Crippen LogP contribution in [0.4, 0.5) is 11.4 Å². The van der Waals surface area contributed by atoms with Crippen molar-refractivity contribution in [3.05, 3.63) is 66.7 Å². The average molecular weight is 735 g/mol. The molecular formula is C32H42N6O14. The van der Waals surface area contributed by atoms with E-state index in [1.807, 2.05) is 0 Å². The number of benzene rings is 2.